The van der Waals surface area contributed by atoms with Crippen molar-refractivity contribution in [1.82, 2.24) is 0 Å². The highest BCUT2D eigenvalue weighted by Crippen LogP contribution is 2.50. The molecule has 0 aromatic heterocycles. The van der Waals surface area contributed by atoms with E-state index in [1.165, 1.54) is 6.07 Å². The van der Waals surface area contributed by atoms with Gasteiger partial charge in [-0.3, -0.25) is 4.79 Å². The SMILES string of the molecule is CS(=O)(=O)C1CC1(C#N)C(=O)O. The maximum atomic E-state index is 10.9. The first-order chi connectivity index (χ1) is 5.34. The van der Waals surface area contributed by atoms with E-state index in [0.29, 0.717) is 0 Å². The Morgan fingerprint density at radius 1 is 1.75 bits per heavy atom. The van der Waals surface area contributed by atoms with E-state index in [2.05, 4.69) is 0 Å². The quantitative estimate of drug-likeness (QED) is 0.625. The van der Waals surface area contributed by atoms with E-state index in [0.717, 1.165) is 6.26 Å². The summed E-state index contributed by atoms with van der Waals surface area (Å²) in [6, 6.07) is 1.53. The van der Waals surface area contributed by atoms with Crippen LogP contribution < -0.4 is 0 Å². The summed E-state index contributed by atoms with van der Waals surface area (Å²) in [6.07, 6.45) is 0.858. The minimum atomic E-state index is -3.40. The predicted molar refractivity (Wildman–Crippen MR) is 38.9 cm³/mol. The molecule has 0 radical (unpaired) electrons. The van der Waals surface area contributed by atoms with Crippen molar-refractivity contribution >= 4 is 15.8 Å². The van der Waals surface area contributed by atoms with Crippen LogP contribution in [0.4, 0.5) is 0 Å². The second-order valence-corrected chi connectivity index (χ2v) is 5.14. The van der Waals surface area contributed by atoms with Crippen LogP contribution in [0.15, 0.2) is 0 Å². The summed E-state index contributed by atoms with van der Waals surface area (Å²) in [5.41, 5.74) is -1.67. The zero-order valence-electron chi connectivity index (χ0n) is 6.31. The van der Waals surface area contributed by atoms with E-state index in [4.69, 9.17) is 10.4 Å². The van der Waals surface area contributed by atoms with Gasteiger partial charge < -0.3 is 5.11 Å². The molecule has 1 aliphatic rings. The van der Waals surface area contributed by atoms with Crippen molar-refractivity contribution in [3.8, 4) is 6.07 Å². The summed E-state index contributed by atoms with van der Waals surface area (Å²) < 4.78 is 21.7. The van der Waals surface area contributed by atoms with Crippen LogP contribution in [-0.4, -0.2) is 31.0 Å². The molecule has 0 aromatic rings. The molecule has 0 aliphatic heterocycles. The van der Waals surface area contributed by atoms with Crippen LogP contribution in [0.1, 0.15) is 6.42 Å². The lowest BCUT2D eigenvalue weighted by atomic mass is 10.1. The smallest absolute Gasteiger partial charge is 0.325 e. The molecule has 0 amide bonds. The van der Waals surface area contributed by atoms with Crippen molar-refractivity contribution in [2.24, 2.45) is 5.41 Å². The van der Waals surface area contributed by atoms with Gasteiger partial charge in [-0.2, -0.15) is 5.26 Å². The lowest BCUT2D eigenvalue weighted by molar-refractivity contribution is -0.141. The highest BCUT2D eigenvalue weighted by molar-refractivity contribution is 7.91. The summed E-state index contributed by atoms with van der Waals surface area (Å²) in [7, 11) is -3.40. The Balaban J connectivity index is 2.99. The van der Waals surface area contributed by atoms with Crippen molar-refractivity contribution < 1.29 is 18.3 Å². The molecule has 12 heavy (non-hydrogen) atoms. The molecule has 1 rings (SSSR count). The van der Waals surface area contributed by atoms with E-state index >= 15 is 0 Å². The van der Waals surface area contributed by atoms with Gasteiger partial charge in [0, 0.05) is 6.26 Å². The minimum absolute atomic E-state index is 0.0856. The molecule has 1 N–H and O–H groups in total. The Bertz CT molecular complexity index is 365. The van der Waals surface area contributed by atoms with E-state index in [1.54, 1.807) is 0 Å². The van der Waals surface area contributed by atoms with Crippen LogP contribution in [0, 0.1) is 16.7 Å². The fourth-order valence-corrected chi connectivity index (χ4v) is 2.59. The topological polar surface area (TPSA) is 95.2 Å². The molecule has 5 nitrogen and oxygen atoms in total. The lowest BCUT2D eigenvalue weighted by Gasteiger charge is -1.98. The van der Waals surface area contributed by atoms with Crippen LogP contribution in [0.2, 0.25) is 0 Å². The summed E-state index contributed by atoms with van der Waals surface area (Å²) in [5, 5.41) is 16.0. The number of nitriles is 1. The fourth-order valence-electron chi connectivity index (χ4n) is 1.14. The molecular weight excluding hydrogens is 182 g/mol. The molecule has 0 bridgehead atoms. The van der Waals surface area contributed by atoms with Crippen LogP contribution in [0.3, 0.4) is 0 Å². The molecule has 0 aromatic carbocycles. The molecule has 2 atom stereocenters. The van der Waals surface area contributed by atoms with Gasteiger partial charge in [0.1, 0.15) is 0 Å². The average molecular weight is 189 g/mol. The van der Waals surface area contributed by atoms with Crippen molar-refractivity contribution in [3.63, 3.8) is 0 Å². The molecule has 1 fully saturated rings. The number of carboxylic acids is 1. The Morgan fingerprint density at radius 3 is 2.33 bits per heavy atom. The number of sulfone groups is 1. The molecular formula is C6H7NO4S. The lowest BCUT2D eigenvalue weighted by Crippen LogP contribution is -2.21. The maximum Gasteiger partial charge on any atom is 0.325 e. The Kier molecular flexibility index (Phi) is 1.65. The Morgan fingerprint density at radius 2 is 2.25 bits per heavy atom. The summed E-state index contributed by atoms with van der Waals surface area (Å²) in [4.78, 5) is 10.5. The fraction of sp³-hybridized carbons (Fsp3) is 0.667. The first-order valence-corrected chi connectivity index (χ1v) is 5.13. The maximum absolute atomic E-state index is 10.9. The zero-order chi connectivity index (χ0) is 9.57. The van der Waals surface area contributed by atoms with Gasteiger partial charge in [0.25, 0.3) is 0 Å². The third-order valence-corrected chi connectivity index (χ3v) is 3.60. The van der Waals surface area contributed by atoms with Crippen molar-refractivity contribution in [1.29, 1.82) is 5.26 Å². The second kappa shape index (κ2) is 2.20. The van der Waals surface area contributed by atoms with Gasteiger partial charge >= 0.3 is 5.97 Å². The van der Waals surface area contributed by atoms with Gasteiger partial charge in [-0.1, -0.05) is 0 Å². The van der Waals surface area contributed by atoms with E-state index in [1.807, 2.05) is 0 Å². The van der Waals surface area contributed by atoms with E-state index in [-0.39, 0.29) is 6.42 Å². The summed E-state index contributed by atoms with van der Waals surface area (Å²) >= 11 is 0. The molecule has 1 saturated carbocycles. The van der Waals surface area contributed by atoms with E-state index in [9.17, 15) is 13.2 Å². The highest BCUT2D eigenvalue weighted by atomic mass is 32.2. The first-order valence-electron chi connectivity index (χ1n) is 3.18. The number of carboxylic acid groups (broad SMARTS) is 1. The Hall–Kier alpha value is -1.09. The monoisotopic (exact) mass is 189 g/mol. The third kappa shape index (κ3) is 1.06. The number of carbonyl (C=O) groups is 1. The molecule has 2 unspecified atom stereocenters. The van der Waals surface area contributed by atoms with Gasteiger partial charge in [0.05, 0.1) is 11.3 Å². The van der Waals surface area contributed by atoms with Crippen LogP contribution in [0.5, 0.6) is 0 Å². The van der Waals surface area contributed by atoms with Gasteiger partial charge in [0.2, 0.25) is 0 Å². The number of aliphatic carboxylic acids is 1. The van der Waals surface area contributed by atoms with Crippen molar-refractivity contribution in [2.45, 2.75) is 11.7 Å². The normalized spacial score (nSPS) is 33.8. The molecule has 66 valence electrons. The van der Waals surface area contributed by atoms with Gasteiger partial charge in [-0.05, 0) is 6.42 Å². The van der Waals surface area contributed by atoms with Crippen molar-refractivity contribution in [2.75, 3.05) is 6.26 Å². The van der Waals surface area contributed by atoms with Crippen LogP contribution >= 0.6 is 0 Å². The Labute approximate surface area is 69.5 Å². The molecule has 0 heterocycles. The van der Waals surface area contributed by atoms with Crippen LogP contribution in [0.25, 0.3) is 0 Å². The van der Waals surface area contributed by atoms with Crippen LogP contribution in [-0.2, 0) is 14.6 Å². The molecule has 0 spiro atoms. The zero-order valence-corrected chi connectivity index (χ0v) is 7.13. The number of nitrogens with zero attached hydrogens (tertiary/aromatic N) is 1. The summed E-state index contributed by atoms with van der Waals surface area (Å²) in [6.45, 7) is 0. The number of hydrogen-bond acceptors (Lipinski definition) is 4. The average Bonchev–Trinajstić information content (AvgIpc) is 2.60. The molecule has 6 heteroatoms. The molecule has 1 aliphatic carbocycles. The summed E-state index contributed by atoms with van der Waals surface area (Å²) in [5.74, 6) is -1.35. The minimum Gasteiger partial charge on any atom is -0.480 e. The van der Waals surface area contributed by atoms with Gasteiger partial charge in [0.15, 0.2) is 15.3 Å². The van der Waals surface area contributed by atoms with E-state index < -0.39 is 26.5 Å². The largest absolute Gasteiger partial charge is 0.480 e. The highest BCUT2D eigenvalue weighted by Gasteiger charge is 2.66. The third-order valence-electron chi connectivity index (χ3n) is 1.99. The first kappa shape index (κ1) is 9.00. The number of rotatable bonds is 2. The second-order valence-electron chi connectivity index (χ2n) is 2.91. The standard InChI is InChI=1S/C6H7NO4S/c1-12(10,11)4-2-6(4,3-7)5(8)9/h4H,2H2,1H3,(H,8,9). The molecule has 0 saturated heterocycles. The van der Waals surface area contributed by atoms with Gasteiger partial charge in [-0.25, -0.2) is 8.42 Å². The number of hydrogen-bond donors (Lipinski definition) is 1. The van der Waals surface area contributed by atoms with Gasteiger partial charge in [-0.15, -0.1) is 0 Å². The van der Waals surface area contributed by atoms with Crippen molar-refractivity contribution in [3.05, 3.63) is 0 Å². The predicted octanol–water partition coefficient (Wildman–Crippen LogP) is -0.602.